The van der Waals surface area contributed by atoms with Crippen molar-refractivity contribution in [2.45, 2.75) is 17.9 Å². The van der Waals surface area contributed by atoms with E-state index in [1.54, 1.807) is 12.1 Å². The van der Waals surface area contributed by atoms with Crippen LogP contribution < -0.4 is 20.1 Å². The molecule has 0 radical (unpaired) electrons. The summed E-state index contributed by atoms with van der Waals surface area (Å²) in [4.78, 5) is 11.1. The first-order valence-corrected chi connectivity index (χ1v) is 9.30. The summed E-state index contributed by atoms with van der Waals surface area (Å²) in [7, 11) is -3.96. The number of benzene rings is 2. The molecule has 0 saturated carbocycles. The largest absolute Gasteiger partial charge is 0.484 e. The molecule has 0 spiro atoms. The standard InChI is InChI=1S/C17H18FN3O4S/c1-11(22)20-9-14-10-21(16-8-13(19)4-7-17(16)25-14)26(23,24)15-5-2-12(18)3-6-15/h2-8,14H,9-10,19H2,1H3,(H,20,22). The molecule has 9 heteroatoms. The molecular weight excluding hydrogens is 361 g/mol. The van der Waals surface area contributed by atoms with Crippen LogP contribution >= 0.6 is 0 Å². The molecular formula is C17H18FN3O4S. The maximum Gasteiger partial charge on any atom is 0.264 e. The maximum absolute atomic E-state index is 13.2. The number of nitrogens with zero attached hydrogens (tertiary/aromatic N) is 1. The van der Waals surface area contributed by atoms with Crippen LogP contribution in [0.15, 0.2) is 47.4 Å². The summed E-state index contributed by atoms with van der Waals surface area (Å²) in [5.41, 5.74) is 6.48. The van der Waals surface area contributed by atoms with Crippen molar-refractivity contribution >= 4 is 27.3 Å². The molecule has 26 heavy (non-hydrogen) atoms. The molecule has 138 valence electrons. The van der Waals surface area contributed by atoms with Crippen LogP contribution in [-0.2, 0) is 14.8 Å². The Balaban J connectivity index is 2.01. The fourth-order valence-electron chi connectivity index (χ4n) is 2.65. The Labute approximate surface area is 150 Å². The predicted molar refractivity (Wildman–Crippen MR) is 94.9 cm³/mol. The minimum atomic E-state index is -3.96. The Hall–Kier alpha value is -2.81. The molecule has 1 amide bonds. The second-order valence-electron chi connectivity index (χ2n) is 5.89. The van der Waals surface area contributed by atoms with Crippen LogP contribution in [0.25, 0.3) is 0 Å². The van der Waals surface area contributed by atoms with Crippen LogP contribution in [-0.4, -0.2) is 33.5 Å². The highest BCUT2D eigenvalue weighted by Gasteiger charge is 2.34. The molecule has 1 aliphatic rings. The average molecular weight is 379 g/mol. The number of anilines is 2. The van der Waals surface area contributed by atoms with Gasteiger partial charge in [0.05, 0.1) is 23.7 Å². The molecule has 0 bridgehead atoms. The number of fused-ring (bicyclic) bond motifs is 1. The van der Waals surface area contributed by atoms with Gasteiger partial charge in [-0.3, -0.25) is 9.10 Å². The molecule has 2 aromatic rings. The van der Waals surface area contributed by atoms with Gasteiger partial charge in [-0.15, -0.1) is 0 Å². The molecule has 0 saturated heterocycles. The zero-order valence-corrected chi connectivity index (χ0v) is 14.8. The van der Waals surface area contributed by atoms with Crippen LogP contribution in [0.4, 0.5) is 15.8 Å². The molecule has 0 aromatic heterocycles. The predicted octanol–water partition coefficient (Wildman–Crippen LogP) is 1.50. The number of ether oxygens (including phenoxy) is 1. The lowest BCUT2D eigenvalue weighted by atomic mass is 10.2. The molecule has 7 nitrogen and oxygen atoms in total. The Kier molecular flexibility index (Phi) is 4.73. The first-order valence-electron chi connectivity index (χ1n) is 7.86. The Morgan fingerprint density at radius 3 is 2.65 bits per heavy atom. The molecule has 1 unspecified atom stereocenters. The number of nitrogens with two attached hydrogens (primary N) is 1. The van der Waals surface area contributed by atoms with Gasteiger partial charge in [-0.05, 0) is 42.5 Å². The summed E-state index contributed by atoms with van der Waals surface area (Å²) in [5, 5.41) is 2.62. The smallest absolute Gasteiger partial charge is 0.264 e. The van der Waals surface area contributed by atoms with E-state index in [-0.39, 0.29) is 23.9 Å². The van der Waals surface area contributed by atoms with Gasteiger partial charge in [0.2, 0.25) is 5.91 Å². The molecule has 3 rings (SSSR count). The van der Waals surface area contributed by atoms with Crippen LogP contribution in [0.2, 0.25) is 0 Å². The summed E-state index contributed by atoms with van der Waals surface area (Å²) in [5.74, 6) is -0.435. The first-order chi connectivity index (χ1) is 12.3. The van der Waals surface area contributed by atoms with Gasteiger partial charge < -0.3 is 15.8 Å². The maximum atomic E-state index is 13.2. The topological polar surface area (TPSA) is 102 Å². The molecule has 1 heterocycles. The van der Waals surface area contributed by atoms with Gasteiger partial charge in [0.1, 0.15) is 17.7 Å². The number of halogens is 1. The minimum Gasteiger partial charge on any atom is -0.484 e. The monoisotopic (exact) mass is 379 g/mol. The zero-order chi connectivity index (χ0) is 18.9. The summed E-state index contributed by atoms with van der Waals surface area (Å²) < 4.78 is 46.3. The lowest BCUT2D eigenvalue weighted by Crippen LogP contribution is -2.48. The molecule has 1 atom stereocenters. The van der Waals surface area contributed by atoms with E-state index in [4.69, 9.17) is 10.5 Å². The van der Waals surface area contributed by atoms with E-state index in [1.165, 1.54) is 29.4 Å². The summed E-state index contributed by atoms with van der Waals surface area (Å²) in [6.45, 7) is 1.50. The third-order valence-corrected chi connectivity index (χ3v) is 5.69. The number of hydrogen-bond acceptors (Lipinski definition) is 5. The second-order valence-corrected chi connectivity index (χ2v) is 7.76. The van der Waals surface area contributed by atoms with Crippen molar-refractivity contribution in [3.63, 3.8) is 0 Å². The lowest BCUT2D eigenvalue weighted by Gasteiger charge is -2.35. The fourth-order valence-corrected chi connectivity index (χ4v) is 4.15. The third kappa shape index (κ3) is 3.57. The van der Waals surface area contributed by atoms with Gasteiger partial charge in [0.25, 0.3) is 10.0 Å². The third-order valence-electron chi connectivity index (χ3n) is 3.90. The van der Waals surface area contributed by atoms with Crippen LogP contribution in [0, 0.1) is 5.82 Å². The number of nitrogen functional groups attached to an aromatic ring is 1. The first kappa shape index (κ1) is 18.0. The summed E-state index contributed by atoms with van der Waals surface area (Å²) >= 11 is 0. The van der Waals surface area contributed by atoms with Crippen molar-refractivity contribution in [2.24, 2.45) is 0 Å². The molecule has 1 aliphatic heterocycles. The number of nitrogens with one attached hydrogen (secondary N) is 1. The molecule has 0 aliphatic carbocycles. The van der Waals surface area contributed by atoms with Gasteiger partial charge >= 0.3 is 0 Å². The number of sulfonamides is 1. The van der Waals surface area contributed by atoms with E-state index >= 15 is 0 Å². The van der Waals surface area contributed by atoms with Crippen molar-refractivity contribution in [1.29, 1.82) is 0 Å². The van der Waals surface area contributed by atoms with Crippen molar-refractivity contribution in [2.75, 3.05) is 23.1 Å². The lowest BCUT2D eigenvalue weighted by molar-refractivity contribution is -0.119. The van der Waals surface area contributed by atoms with E-state index in [2.05, 4.69) is 5.32 Å². The fraction of sp³-hybridized carbons (Fsp3) is 0.235. The van der Waals surface area contributed by atoms with Crippen molar-refractivity contribution in [3.8, 4) is 5.75 Å². The normalized spacial score (nSPS) is 16.5. The van der Waals surface area contributed by atoms with E-state index in [0.717, 1.165) is 12.1 Å². The van der Waals surface area contributed by atoms with E-state index in [0.29, 0.717) is 17.1 Å². The van der Waals surface area contributed by atoms with E-state index in [9.17, 15) is 17.6 Å². The number of amides is 1. The van der Waals surface area contributed by atoms with Crippen molar-refractivity contribution in [1.82, 2.24) is 5.32 Å². The van der Waals surface area contributed by atoms with Crippen molar-refractivity contribution < 1.29 is 22.3 Å². The Morgan fingerprint density at radius 2 is 2.00 bits per heavy atom. The number of rotatable bonds is 4. The number of hydrogen-bond donors (Lipinski definition) is 2. The zero-order valence-electron chi connectivity index (χ0n) is 14.0. The summed E-state index contributed by atoms with van der Waals surface area (Å²) in [6, 6.07) is 9.26. The van der Waals surface area contributed by atoms with Crippen LogP contribution in [0.3, 0.4) is 0 Å². The Bertz CT molecular complexity index is 932. The molecule has 0 fully saturated rings. The van der Waals surface area contributed by atoms with Gasteiger partial charge in [0, 0.05) is 12.6 Å². The second kappa shape index (κ2) is 6.83. The van der Waals surface area contributed by atoms with E-state index in [1.807, 2.05) is 0 Å². The van der Waals surface area contributed by atoms with Crippen LogP contribution in [0.1, 0.15) is 6.92 Å². The van der Waals surface area contributed by atoms with Gasteiger partial charge in [-0.2, -0.15) is 0 Å². The molecule has 3 N–H and O–H groups in total. The molecule has 2 aromatic carbocycles. The highest BCUT2D eigenvalue weighted by atomic mass is 32.2. The number of carbonyl (C=O) groups excluding carboxylic acids is 1. The Morgan fingerprint density at radius 1 is 1.31 bits per heavy atom. The number of carbonyl (C=O) groups is 1. The highest BCUT2D eigenvalue weighted by molar-refractivity contribution is 7.92. The summed E-state index contributed by atoms with van der Waals surface area (Å²) in [6.07, 6.45) is -0.578. The van der Waals surface area contributed by atoms with Crippen LogP contribution in [0.5, 0.6) is 5.75 Å². The van der Waals surface area contributed by atoms with Gasteiger partial charge in [0.15, 0.2) is 0 Å². The quantitative estimate of drug-likeness (QED) is 0.784. The van der Waals surface area contributed by atoms with E-state index < -0.39 is 21.9 Å². The average Bonchev–Trinajstić information content (AvgIpc) is 2.59. The SMILES string of the molecule is CC(=O)NCC1CN(S(=O)(=O)c2ccc(F)cc2)c2cc(N)ccc2O1. The van der Waals surface area contributed by atoms with Gasteiger partial charge in [-0.25, -0.2) is 12.8 Å². The minimum absolute atomic E-state index is 0.0174. The van der Waals surface area contributed by atoms with Crippen molar-refractivity contribution in [3.05, 3.63) is 48.3 Å². The highest BCUT2D eigenvalue weighted by Crippen LogP contribution is 2.38. The van der Waals surface area contributed by atoms with Gasteiger partial charge in [-0.1, -0.05) is 0 Å².